The van der Waals surface area contributed by atoms with E-state index in [0.29, 0.717) is 25.7 Å². The lowest BCUT2D eigenvalue weighted by atomic mass is 9.97. The van der Waals surface area contributed by atoms with Crippen molar-refractivity contribution in [2.75, 3.05) is 28.4 Å². The minimum absolute atomic E-state index is 0.466. The van der Waals surface area contributed by atoms with Gasteiger partial charge in [0.15, 0.2) is 7.14 Å². The van der Waals surface area contributed by atoms with Gasteiger partial charge in [0.05, 0.1) is 28.4 Å². The standard InChI is InChI=1S/C50H43O5P/c1-52-45-20-12-21-46(53-2)43(45)30-34-24-26-39-37-18-10-8-14-32(37)28-41(39)49(34)56(51,36-16-6-5-7-17-36)50-35(31-44-47(54-3)22-13-23-48(44)55-4)25-27-40-38-19-11-9-15-33(38)29-42(40)50/h5-27H,28-31H2,1-4H3. The zero-order chi connectivity index (χ0) is 38.4. The molecule has 0 saturated heterocycles. The third-order valence-electron chi connectivity index (χ3n) is 11.6. The van der Waals surface area contributed by atoms with Crippen molar-refractivity contribution in [3.05, 3.63) is 184 Å². The van der Waals surface area contributed by atoms with Gasteiger partial charge >= 0.3 is 0 Å². The Kier molecular flexibility index (Phi) is 9.27. The highest BCUT2D eigenvalue weighted by molar-refractivity contribution is 7.85. The van der Waals surface area contributed by atoms with E-state index in [0.717, 1.165) is 83.4 Å². The first-order valence-corrected chi connectivity index (χ1v) is 20.7. The molecule has 0 heterocycles. The summed E-state index contributed by atoms with van der Waals surface area (Å²) < 4.78 is 41.6. The van der Waals surface area contributed by atoms with Gasteiger partial charge in [0.1, 0.15) is 23.0 Å². The SMILES string of the molecule is COc1cccc(OC)c1Cc1ccc2c(c1P(=O)(c1ccccc1)c1c(Cc3c(OC)cccc3OC)ccc3c1Cc1ccccc1-3)Cc1ccccc1-2. The second-order valence-electron chi connectivity index (χ2n) is 14.4. The molecule has 0 saturated carbocycles. The fraction of sp³-hybridized carbons (Fsp3) is 0.160. The summed E-state index contributed by atoms with van der Waals surface area (Å²) >= 11 is 0. The summed E-state index contributed by atoms with van der Waals surface area (Å²) in [6, 6.07) is 47.9. The third-order valence-corrected chi connectivity index (χ3v) is 15.0. The molecule has 56 heavy (non-hydrogen) atoms. The van der Waals surface area contributed by atoms with Gasteiger partial charge in [-0.25, -0.2) is 0 Å². The molecule has 278 valence electrons. The molecule has 0 fully saturated rings. The average Bonchev–Trinajstić information content (AvgIpc) is 3.82. The van der Waals surface area contributed by atoms with Crippen molar-refractivity contribution in [1.82, 2.24) is 0 Å². The summed E-state index contributed by atoms with van der Waals surface area (Å²) in [4.78, 5) is 0. The van der Waals surface area contributed by atoms with E-state index < -0.39 is 7.14 Å². The Balaban J connectivity index is 1.40. The van der Waals surface area contributed by atoms with E-state index in [2.05, 4.69) is 84.9 Å². The lowest BCUT2D eigenvalue weighted by molar-refractivity contribution is 0.386. The molecule has 0 spiro atoms. The van der Waals surface area contributed by atoms with Crippen molar-refractivity contribution in [2.45, 2.75) is 25.7 Å². The van der Waals surface area contributed by atoms with Crippen LogP contribution in [0.15, 0.2) is 140 Å². The van der Waals surface area contributed by atoms with Crippen molar-refractivity contribution < 1.29 is 23.5 Å². The lowest BCUT2D eigenvalue weighted by Gasteiger charge is -2.30. The van der Waals surface area contributed by atoms with Crippen LogP contribution >= 0.6 is 7.14 Å². The third kappa shape index (κ3) is 5.72. The largest absolute Gasteiger partial charge is 0.496 e. The smallest absolute Gasteiger partial charge is 0.172 e. The van der Waals surface area contributed by atoms with Gasteiger partial charge in [0, 0.05) is 39.9 Å². The molecule has 0 N–H and O–H groups in total. The predicted molar refractivity (Wildman–Crippen MR) is 227 cm³/mol. The minimum atomic E-state index is -3.72. The van der Waals surface area contributed by atoms with Crippen molar-refractivity contribution >= 4 is 23.1 Å². The number of hydrogen-bond acceptors (Lipinski definition) is 5. The van der Waals surface area contributed by atoms with E-state index in [1.54, 1.807) is 28.4 Å². The molecule has 7 aromatic rings. The topological polar surface area (TPSA) is 54.0 Å². The number of methoxy groups -OCH3 is 4. The Morgan fingerprint density at radius 1 is 0.429 bits per heavy atom. The second kappa shape index (κ2) is 14.6. The lowest BCUT2D eigenvalue weighted by Crippen LogP contribution is -2.34. The monoisotopic (exact) mass is 754 g/mol. The molecular formula is C50H43O5P. The molecule has 9 rings (SSSR count). The molecule has 6 heteroatoms. The van der Waals surface area contributed by atoms with Gasteiger partial charge in [-0.15, -0.1) is 0 Å². The van der Waals surface area contributed by atoms with Crippen LogP contribution in [0.4, 0.5) is 0 Å². The molecule has 0 radical (unpaired) electrons. The summed E-state index contributed by atoms with van der Waals surface area (Å²) in [5, 5.41) is 2.58. The van der Waals surface area contributed by atoms with Crippen molar-refractivity contribution in [2.24, 2.45) is 0 Å². The Bertz CT molecular complexity index is 2470. The Labute approximate surface area is 328 Å². The highest BCUT2D eigenvalue weighted by Crippen LogP contribution is 2.53. The van der Waals surface area contributed by atoms with Crippen LogP contribution in [0.2, 0.25) is 0 Å². The summed E-state index contributed by atoms with van der Waals surface area (Å²) in [7, 11) is 3.04. The van der Waals surface area contributed by atoms with Gasteiger partial charge in [-0.05, 0) is 92.7 Å². The molecule has 2 aliphatic carbocycles. The Morgan fingerprint density at radius 3 is 1.23 bits per heavy atom. The molecule has 0 aromatic heterocycles. The van der Waals surface area contributed by atoms with Gasteiger partial charge in [0.25, 0.3) is 0 Å². The summed E-state index contributed by atoms with van der Waals surface area (Å²) in [6.45, 7) is 0. The van der Waals surface area contributed by atoms with E-state index in [4.69, 9.17) is 18.9 Å². The van der Waals surface area contributed by atoms with E-state index in [-0.39, 0.29) is 0 Å². The van der Waals surface area contributed by atoms with E-state index in [1.807, 2.05) is 54.6 Å². The molecule has 5 nitrogen and oxygen atoms in total. The van der Waals surface area contributed by atoms with Crippen LogP contribution in [0, 0.1) is 0 Å². The fourth-order valence-corrected chi connectivity index (χ4v) is 12.8. The maximum atomic E-state index is 17.8. The Hall–Kier alpha value is -6.03. The molecule has 7 aromatic carbocycles. The van der Waals surface area contributed by atoms with Crippen LogP contribution in [-0.2, 0) is 30.2 Å². The van der Waals surface area contributed by atoms with Crippen molar-refractivity contribution in [3.8, 4) is 45.3 Å². The van der Waals surface area contributed by atoms with Crippen LogP contribution in [0.1, 0.15) is 44.5 Å². The van der Waals surface area contributed by atoms with Gasteiger partial charge in [0.2, 0.25) is 0 Å². The number of ether oxygens (including phenoxy) is 4. The zero-order valence-electron chi connectivity index (χ0n) is 32.1. The molecule has 0 atom stereocenters. The van der Waals surface area contributed by atoms with E-state index >= 15 is 4.57 Å². The van der Waals surface area contributed by atoms with Gasteiger partial charge in [-0.1, -0.05) is 115 Å². The van der Waals surface area contributed by atoms with Crippen LogP contribution < -0.4 is 34.9 Å². The minimum Gasteiger partial charge on any atom is -0.496 e. The molecule has 0 aliphatic heterocycles. The molecule has 0 bridgehead atoms. The maximum Gasteiger partial charge on any atom is 0.172 e. The van der Waals surface area contributed by atoms with Crippen LogP contribution in [-0.4, -0.2) is 28.4 Å². The van der Waals surface area contributed by atoms with Crippen LogP contribution in [0.3, 0.4) is 0 Å². The molecule has 0 amide bonds. The highest BCUT2D eigenvalue weighted by Gasteiger charge is 2.42. The number of rotatable bonds is 11. The van der Waals surface area contributed by atoms with Crippen LogP contribution in [0.5, 0.6) is 23.0 Å². The predicted octanol–water partition coefficient (Wildman–Crippen LogP) is 9.68. The van der Waals surface area contributed by atoms with E-state index in [1.165, 1.54) is 22.3 Å². The normalized spacial score (nSPS) is 12.4. The number of benzene rings is 7. The van der Waals surface area contributed by atoms with Crippen molar-refractivity contribution in [1.29, 1.82) is 0 Å². The van der Waals surface area contributed by atoms with Crippen LogP contribution in [0.25, 0.3) is 22.3 Å². The first kappa shape index (κ1) is 35.7. The highest BCUT2D eigenvalue weighted by atomic mass is 31.2. The fourth-order valence-electron chi connectivity index (χ4n) is 9.15. The van der Waals surface area contributed by atoms with Gasteiger partial charge < -0.3 is 23.5 Å². The number of fused-ring (bicyclic) bond motifs is 6. The first-order chi connectivity index (χ1) is 27.5. The molecular weight excluding hydrogens is 712 g/mol. The summed E-state index contributed by atoms with van der Waals surface area (Å²) in [6.07, 6.45) is 2.29. The van der Waals surface area contributed by atoms with Crippen molar-refractivity contribution in [3.63, 3.8) is 0 Å². The zero-order valence-corrected chi connectivity index (χ0v) is 33.0. The van der Waals surface area contributed by atoms with Gasteiger partial charge in [-0.2, -0.15) is 0 Å². The number of hydrogen-bond donors (Lipinski definition) is 0. The molecule has 2 aliphatic rings. The van der Waals surface area contributed by atoms with E-state index in [9.17, 15) is 0 Å². The summed E-state index contributed by atoms with van der Waals surface area (Å²) in [5.41, 5.74) is 13.1. The summed E-state index contributed by atoms with van der Waals surface area (Å²) in [5.74, 6) is 2.92. The second-order valence-corrected chi connectivity index (χ2v) is 17.1. The first-order valence-electron chi connectivity index (χ1n) is 19.0. The quantitative estimate of drug-likeness (QED) is 0.123. The average molecular weight is 755 g/mol. The Morgan fingerprint density at radius 2 is 0.821 bits per heavy atom. The maximum absolute atomic E-state index is 17.8. The van der Waals surface area contributed by atoms with Gasteiger partial charge in [-0.3, -0.25) is 0 Å². The molecule has 0 unspecified atom stereocenters.